The molecule has 9 heteroatoms. The second kappa shape index (κ2) is 9.83. The van der Waals surface area contributed by atoms with Crippen LogP contribution in [0.2, 0.25) is 0 Å². The van der Waals surface area contributed by atoms with Crippen LogP contribution in [0.1, 0.15) is 49.3 Å². The van der Waals surface area contributed by atoms with Crippen LogP contribution in [0.15, 0.2) is 24.5 Å². The van der Waals surface area contributed by atoms with Crippen LogP contribution in [0.25, 0.3) is 0 Å². The number of aromatic nitrogens is 3. The smallest absolute Gasteiger partial charge is 0.260 e. The van der Waals surface area contributed by atoms with E-state index in [0.29, 0.717) is 38.5 Å². The van der Waals surface area contributed by atoms with Crippen molar-refractivity contribution >= 4 is 11.9 Å². The number of rotatable bonds is 7. The van der Waals surface area contributed by atoms with Crippen molar-refractivity contribution in [2.24, 2.45) is 5.92 Å². The first-order valence-corrected chi connectivity index (χ1v) is 11.3. The van der Waals surface area contributed by atoms with Crippen molar-refractivity contribution in [3.8, 4) is 5.75 Å². The minimum Gasteiger partial charge on any atom is -0.493 e. The van der Waals surface area contributed by atoms with E-state index in [1.54, 1.807) is 0 Å². The summed E-state index contributed by atoms with van der Waals surface area (Å²) in [7, 11) is 0. The lowest BCUT2D eigenvalue weighted by Crippen LogP contribution is -2.48. The largest absolute Gasteiger partial charge is 0.493 e. The van der Waals surface area contributed by atoms with E-state index in [9.17, 15) is 13.6 Å². The van der Waals surface area contributed by atoms with Crippen molar-refractivity contribution in [3.05, 3.63) is 35.7 Å². The Morgan fingerprint density at radius 2 is 2.19 bits per heavy atom. The maximum absolute atomic E-state index is 13.6. The van der Waals surface area contributed by atoms with Crippen LogP contribution in [0.4, 0.5) is 14.7 Å². The molecule has 1 aromatic heterocycles. The molecule has 4 rings (SSSR count). The van der Waals surface area contributed by atoms with E-state index in [4.69, 9.17) is 4.74 Å². The van der Waals surface area contributed by atoms with Gasteiger partial charge in [0.1, 0.15) is 18.1 Å². The molecule has 1 aromatic carbocycles. The van der Waals surface area contributed by atoms with E-state index in [0.717, 1.165) is 24.2 Å². The number of hydrogen-bond donors (Lipinski definition) is 1. The summed E-state index contributed by atoms with van der Waals surface area (Å²) < 4.78 is 34.3. The van der Waals surface area contributed by atoms with Gasteiger partial charge >= 0.3 is 0 Å². The van der Waals surface area contributed by atoms with E-state index in [1.165, 1.54) is 16.6 Å². The number of carbonyl (C=O) groups excluding carboxylic acids is 1. The Labute approximate surface area is 187 Å². The van der Waals surface area contributed by atoms with Crippen LogP contribution in [-0.4, -0.2) is 57.7 Å². The van der Waals surface area contributed by atoms with Crippen molar-refractivity contribution in [2.75, 3.05) is 25.0 Å². The topological polar surface area (TPSA) is 72.3 Å². The monoisotopic (exact) mass is 447 g/mol. The highest BCUT2D eigenvalue weighted by Crippen LogP contribution is 2.35. The molecule has 1 fully saturated rings. The van der Waals surface area contributed by atoms with Gasteiger partial charge in [-0.15, -0.1) is 0 Å². The van der Waals surface area contributed by atoms with E-state index in [-0.39, 0.29) is 24.3 Å². The van der Waals surface area contributed by atoms with Gasteiger partial charge in [-0.25, -0.2) is 13.5 Å². The summed E-state index contributed by atoms with van der Waals surface area (Å²) in [6.07, 6.45) is 1.93. The SMILES string of the molecule is Cc1ccc(OCCCC(=O)N2CCC[C@@H]([C@@H]3C[C@H](C(F)F)n4ncnc4N3)C2)c(C)c1. The number of fused-ring (bicyclic) bond motifs is 1. The van der Waals surface area contributed by atoms with Gasteiger partial charge < -0.3 is 15.0 Å². The van der Waals surface area contributed by atoms with Crippen LogP contribution in [-0.2, 0) is 4.79 Å². The molecule has 1 N–H and O–H groups in total. The summed E-state index contributed by atoms with van der Waals surface area (Å²) in [6.45, 7) is 5.85. The van der Waals surface area contributed by atoms with Gasteiger partial charge in [-0.3, -0.25) is 4.79 Å². The second-order valence-electron chi connectivity index (χ2n) is 8.88. The summed E-state index contributed by atoms with van der Waals surface area (Å²) in [5.41, 5.74) is 2.28. The minimum absolute atomic E-state index is 0.100. The second-order valence-corrected chi connectivity index (χ2v) is 8.88. The number of nitrogens with one attached hydrogen (secondary N) is 1. The fraction of sp³-hybridized carbons (Fsp3) is 0.609. The van der Waals surface area contributed by atoms with Crippen molar-refractivity contribution in [2.45, 2.75) is 64.5 Å². The first-order chi connectivity index (χ1) is 15.4. The van der Waals surface area contributed by atoms with Gasteiger partial charge in [0.2, 0.25) is 11.9 Å². The highest BCUT2D eigenvalue weighted by molar-refractivity contribution is 5.76. The molecular weight excluding hydrogens is 416 g/mol. The van der Waals surface area contributed by atoms with Gasteiger partial charge in [-0.05, 0) is 57.1 Å². The van der Waals surface area contributed by atoms with E-state index in [2.05, 4.69) is 21.5 Å². The highest BCUT2D eigenvalue weighted by atomic mass is 19.3. The van der Waals surface area contributed by atoms with Crippen molar-refractivity contribution in [3.63, 3.8) is 0 Å². The zero-order chi connectivity index (χ0) is 22.7. The Kier molecular flexibility index (Phi) is 6.91. The van der Waals surface area contributed by atoms with Gasteiger partial charge in [0.25, 0.3) is 6.43 Å². The lowest BCUT2D eigenvalue weighted by atomic mass is 9.86. The number of likely N-dealkylation sites (tertiary alicyclic amines) is 1. The fourth-order valence-corrected chi connectivity index (χ4v) is 4.79. The van der Waals surface area contributed by atoms with Crippen molar-refractivity contribution in [1.82, 2.24) is 19.7 Å². The number of anilines is 1. The summed E-state index contributed by atoms with van der Waals surface area (Å²) in [4.78, 5) is 18.7. The third-order valence-electron chi connectivity index (χ3n) is 6.49. The molecule has 7 nitrogen and oxygen atoms in total. The number of ether oxygens (including phenoxy) is 1. The van der Waals surface area contributed by atoms with Crippen molar-refractivity contribution < 1.29 is 18.3 Å². The molecule has 32 heavy (non-hydrogen) atoms. The van der Waals surface area contributed by atoms with E-state index >= 15 is 0 Å². The number of alkyl halides is 2. The van der Waals surface area contributed by atoms with Crippen LogP contribution in [0, 0.1) is 19.8 Å². The standard InChI is InChI=1S/C23H31F2N5O2/c1-15-7-8-20(16(2)11-15)32-10-4-6-21(31)29-9-3-5-17(13-29)18-12-19(22(24)25)30-23(28-18)26-14-27-30/h7-8,11,14,17-19,22H,3-6,9-10,12-13H2,1-2H3,(H,26,27,28)/t17-,18+,19-/m1/s1. The van der Waals surface area contributed by atoms with Crippen LogP contribution in [0.5, 0.6) is 5.75 Å². The zero-order valence-corrected chi connectivity index (χ0v) is 18.6. The van der Waals surface area contributed by atoms with Gasteiger partial charge in [0.05, 0.1) is 6.61 Å². The number of aryl methyl sites for hydroxylation is 2. The molecule has 3 atom stereocenters. The lowest BCUT2D eigenvalue weighted by Gasteiger charge is -2.40. The van der Waals surface area contributed by atoms with Crippen LogP contribution < -0.4 is 10.1 Å². The number of halogens is 2. The van der Waals surface area contributed by atoms with Gasteiger partial charge in [-0.2, -0.15) is 10.1 Å². The molecule has 0 unspecified atom stereocenters. The average molecular weight is 448 g/mol. The number of amides is 1. The molecule has 2 aromatic rings. The molecule has 0 radical (unpaired) electrons. The first-order valence-electron chi connectivity index (χ1n) is 11.3. The summed E-state index contributed by atoms with van der Waals surface area (Å²) in [5, 5.41) is 7.21. The summed E-state index contributed by atoms with van der Waals surface area (Å²) >= 11 is 0. The molecule has 1 amide bonds. The summed E-state index contributed by atoms with van der Waals surface area (Å²) in [6, 6.07) is 4.93. The maximum Gasteiger partial charge on any atom is 0.260 e. The predicted molar refractivity (Wildman–Crippen MR) is 117 cm³/mol. The molecule has 1 saturated heterocycles. The zero-order valence-electron chi connectivity index (χ0n) is 18.6. The third kappa shape index (κ3) is 5.02. The molecule has 174 valence electrons. The lowest BCUT2D eigenvalue weighted by molar-refractivity contribution is -0.133. The summed E-state index contributed by atoms with van der Waals surface area (Å²) in [5.74, 6) is 1.46. The molecule has 2 aliphatic heterocycles. The maximum atomic E-state index is 13.6. The number of piperidine rings is 1. The first kappa shape index (κ1) is 22.5. The fourth-order valence-electron chi connectivity index (χ4n) is 4.79. The minimum atomic E-state index is -2.50. The normalized spacial score (nSPS) is 23.0. The number of hydrogen-bond acceptors (Lipinski definition) is 5. The Morgan fingerprint density at radius 3 is 2.97 bits per heavy atom. The average Bonchev–Trinajstić information content (AvgIpc) is 3.25. The Balaban J connectivity index is 1.27. The molecule has 0 spiro atoms. The van der Waals surface area contributed by atoms with E-state index < -0.39 is 12.5 Å². The van der Waals surface area contributed by atoms with Gasteiger partial charge in [0, 0.05) is 25.6 Å². The quantitative estimate of drug-likeness (QED) is 0.650. The third-order valence-corrected chi connectivity index (χ3v) is 6.49. The molecule has 0 aliphatic carbocycles. The van der Waals surface area contributed by atoms with Gasteiger partial charge in [-0.1, -0.05) is 17.7 Å². The van der Waals surface area contributed by atoms with Crippen LogP contribution >= 0.6 is 0 Å². The molecule has 0 bridgehead atoms. The van der Waals surface area contributed by atoms with Crippen LogP contribution in [0.3, 0.4) is 0 Å². The van der Waals surface area contributed by atoms with E-state index in [1.807, 2.05) is 30.9 Å². The highest BCUT2D eigenvalue weighted by Gasteiger charge is 2.38. The molecule has 3 heterocycles. The Morgan fingerprint density at radius 1 is 1.34 bits per heavy atom. The number of nitrogens with zero attached hydrogens (tertiary/aromatic N) is 4. The molecule has 2 aliphatic rings. The predicted octanol–water partition coefficient (Wildman–Crippen LogP) is 3.98. The number of carbonyl (C=O) groups is 1. The van der Waals surface area contributed by atoms with Gasteiger partial charge in [0.15, 0.2) is 0 Å². The molecule has 0 saturated carbocycles. The Bertz CT molecular complexity index is 935. The van der Waals surface area contributed by atoms with Crippen molar-refractivity contribution in [1.29, 1.82) is 0 Å². The number of benzene rings is 1. The molecular formula is C23H31F2N5O2. The Hall–Kier alpha value is -2.71.